The summed E-state index contributed by atoms with van der Waals surface area (Å²) in [5.74, 6) is 0.949. The van der Waals surface area contributed by atoms with Crippen molar-refractivity contribution in [2.45, 2.75) is 33.0 Å². The Hall–Kier alpha value is -1.29. The lowest BCUT2D eigenvalue weighted by atomic mass is 10.2. The van der Waals surface area contributed by atoms with Crippen LogP contribution in [-0.2, 0) is 4.74 Å². The second kappa shape index (κ2) is 4.29. The number of hydrogen-bond acceptors (Lipinski definition) is 4. The molecule has 4 nitrogen and oxygen atoms in total. The number of nitrogens with zero attached hydrogens (tertiary/aromatic N) is 2. The highest BCUT2D eigenvalue weighted by Gasteiger charge is 2.23. The van der Waals surface area contributed by atoms with Gasteiger partial charge in [0.2, 0.25) is 0 Å². The Morgan fingerprint density at radius 3 is 2.56 bits per heavy atom. The zero-order chi connectivity index (χ0) is 11.7. The van der Waals surface area contributed by atoms with Gasteiger partial charge in [-0.05, 0) is 26.3 Å². The van der Waals surface area contributed by atoms with E-state index in [-0.39, 0.29) is 12.2 Å². The summed E-state index contributed by atoms with van der Waals surface area (Å²) < 4.78 is 5.69. The SMILES string of the molecule is Cc1cnc(N2C[C@@H](C)O[C@@H](C)C2)cc1N. The minimum Gasteiger partial charge on any atom is -0.398 e. The van der Waals surface area contributed by atoms with Gasteiger partial charge in [0.05, 0.1) is 12.2 Å². The molecule has 0 saturated carbocycles. The Kier molecular flexibility index (Phi) is 3.01. The highest BCUT2D eigenvalue weighted by atomic mass is 16.5. The average molecular weight is 221 g/mol. The Labute approximate surface area is 96.4 Å². The number of nitrogen functional groups attached to an aromatic ring is 1. The molecule has 1 saturated heterocycles. The smallest absolute Gasteiger partial charge is 0.130 e. The highest BCUT2D eigenvalue weighted by Crippen LogP contribution is 2.21. The predicted octanol–water partition coefficient (Wildman–Crippen LogP) is 1.59. The monoisotopic (exact) mass is 221 g/mol. The van der Waals surface area contributed by atoms with Crippen molar-refractivity contribution in [1.29, 1.82) is 0 Å². The van der Waals surface area contributed by atoms with E-state index in [0.717, 1.165) is 30.2 Å². The van der Waals surface area contributed by atoms with E-state index in [1.807, 2.05) is 19.2 Å². The van der Waals surface area contributed by atoms with Crippen molar-refractivity contribution in [3.05, 3.63) is 17.8 Å². The van der Waals surface area contributed by atoms with Crippen LogP contribution >= 0.6 is 0 Å². The quantitative estimate of drug-likeness (QED) is 0.782. The first kappa shape index (κ1) is 11.2. The van der Waals surface area contributed by atoms with E-state index < -0.39 is 0 Å². The minimum atomic E-state index is 0.244. The Morgan fingerprint density at radius 1 is 1.38 bits per heavy atom. The lowest BCUT2D eigenvalue weighted by Crippen LogP contribution is -2.45. The summed E-state index contributed by atoms with van der Waals surface area (Å²) in [4.78, 5) is 6.65. The number of anilines is 2. The number of aryl methyl sites for hydroxylation is 1. The van der Waals surface area contributed by atoms with Crippen LogP contribution in [0.2, 0.25) is 0 Å². The largest absolute Gasteiger partial charge is 0.398 e. The molecule has 1 aliphatic heterocycles. The maximum Gasteiger partial charge on any atom is 0.130 e. The fourth-order valence-corrected chi connectivity index (χ4v) is 2.07. The standard InChI is InChI=1S/C12H19N3O/c1-8-5-14-12(4-11(8)13)15-6-9(2)16-10(3)7-15/h4-5,9-10H,6-7H2,1-3H3,(H2,13,14)/t9-,10+. The van der Waals surface area contributed by atoms with Crippen LogP contribution in [-0.4, -0.2) is 30.3 Å². The fraction of sp³-hybridized carbons (Fsp3) is 0.583. The van der Waals surface area contributed by atoms with Crippen LogP contribution < -0.4 is 10.6 Å². The van der Waals surface area contributed by atoms with Crippen molar-refractivity contribution < 1.29 is 4.74 Å². The molecule has 2 heterocycles. The van der Waals surface area contributed by atoms with Crippen LogP contribution in [0.5, 0.6) is 0 Å². The van der Waals surface area contributed by atoms with Crippen LogP contribution in [0.4, 0.5) is 11.5 Å². The van der Waals surface area contributed by atoms with Gasteiger partial charge in [0.25, 0.3) is 0 Å². The van der Waals surface area contributed by atoms with Crippen LogP contribution in [0.3, 0.4) is 0 Å². The Balaban J connectivity index is 2.19. The molecule has 0 aromatic carbocycles. The van der Waals surface area contributed by atoms with Crippen molar-refractivity contribution in [2.24, 2.45) is 0 Å². The predicted molar refractivity (Wildman–Crippen MR) is 65.6 cm³/mol. The van der Waals surface area contributed by atoms with Crippen molar-refractivity contribution >= 4 is 11.5 Å². The summed E-state index contributed by atoms with van der Waals surface area (Å²) in [6.07, 6.45) is 2.32. The molecule has 2 N–H and O–H groups in total. The van der Waals surface area contributed by atoms with E-state index >= 15 is 0 Å². The molecule has 1 fully saturated rings. The van der Waals surface area contributed by atoms with Crippen molar-refractivity contribution in [2.75, 3.05) is 23.7 Å². The number of aromatic nitrogens is 1. The number of pyridine rings is 1. The normalized spacial score (nSPS) is 25.8. The summed E-state index contributed by atoms with van der Waals surface area (Å²) in [6, 6.07) is 1.94. The molecule has 4 heteroatoms. The number of rotatable bonds is 1. The van der Waals surface area contributed by atoms with Gasteiger partial charge >= 0.3 is 0 Å². The minimum absolute atomic E-state index is 0.244. The average Bonchev–Trinajstić information content (AvgIpc) is 2.20. The lowest BCUT2D eigenvalue weighted by molar-refractivity contribution is -0.00545. The molecule has 0 amide bonds. The Bertz CT molecular complexity index is 371. The summed E-state index contributed by atoms with van der Waals surface area (Å²) in [5.41, 5.74) is 7.73. The van der Waals surface area contributed by atoms with Gasteiger partial charge < -0.3 is 15.4 Å². The van der Waals surface area contributed by atoms with E-state index in [2.05, 4.69) is 23.7 Å². The van der Waals surface area contributed by atoms with E-state index in [0.29, 0.717) is 0 Å². The molecular formula is C12H19N3O. The second-order valence-electron chi connectivity index (χ2n) is 4.56. The highest BCUT2D eigenvalue weighted by molar-refractivity contribution is 5.55. The van der Waals surface area contributed by atoms with Crippen molar-refractivity contribution in [3.63, 3.8) is 0 Å². The maximum absolute atomic E-state index is 5.90. The van der Waals surface area contributed by atoms with Crippen LogP contribution in [0.1, 0.15) is 19.4 Å². The maximum atomic E-state index is 5.90. The number of morpholine rings is 1. The third kappa shape index (κ3) is 2.27. The van der Waals surface area contributed by atoms with Gasteiger partial charge in [-0.1, -0.05) is 0 Å². The molecule has 16 heavy (non-hydrogen) atoms. The zero-order valence-corrected chi connectivity index (χ0v) is 10.1. The van der Waals surface area contributed by atoms with Gasteiger partial charge in [0.1, 0.15) is 5.82 Å². The first-order valence-corrected chi connectivity index (χ1v) is 5.69. The van der Waals surface area contributed by atoms with Crippen LogP contribution in [0.25, 0.3) is 0 Å². The van der Waals surface area contributed by atoms with Gasteiger partial charge in [-0.25, -0.2) is 4.98 Å². The molecule has 1 aliphatic rings. The fourth-order valence-electron chi connectivity index (χ4n) is 2.07. The first-order chi connectivity index (χ1) is 7.56. The molecule has 0 spiro atoms. The molecule has 0 bridgehead atoms. The van der Waals surface area contributed by atoms with E-state index in [4.69, 9.17) is 10.5 Å². The molecule has 88 valence electrons. The molecule has 0 unspecified atom stereocenters. The molecular weight excluding hydrogens is 202 g/mol. The van der Waals surface area contributed by atoms with Crippen LogP contribution in [0.15, 0.2) is 12.3 Å². The van der Waals surface area contributed by atoms with Gasteiger partial charge in [-0.3, -0.25) is 0 Å². The van der Waals surface area contributed by atoms with Crippen molar-refractivity contribution in [1.82, 2.24) is 4.98 Å². The van der Waals surface area contributed by atoms with Gasteiger partial charge in [0.15, 0.2) is 0 Å². The zero-order valence-electron chi connectivity index (χ0n) is 10.1. The topological polar surface area (TPSA) is 51.4 Å². The van der Waals surface area contributed by atoms with Crippen molar-refractivity contribution in [3.8, 4) is 0 Å². The summed E-state index contributed by atoms with van der Waals surface area (Å²) >= 11 is 0. The lowest BCUT2D eigenvalue weighted by Gasteiger charge is -2.36. The van der Waals surface area contributed by atoms with Gasteiger partial charge in [-0.2, -0.15) is 0 Å². The van der Waals surface area contributed by atoms with E-state index in [1.54, 1.807) is 0 Å². The van der Waals surface area contributed by atoms with E-state index in [9.17, 15) is 0 Å². The summed E-state index contributed by atoms with van der Waals surface area (Å²) in [5, 5.41) is 0. The number of ether oxygens (including phenoxy) is 1. The summed E-state index contributed by atoms with van der Waals surface area (Å²) in [6.45, 7) is 7.89. The molecule has 0 aliphatic carbocycles. The van der Waals surface area contributed by atoms with Gasteiger partial charge in [-0.15, -0.1) is 0 Å². The second-order valence-corrected chi connectivity index (χ2v) is 4.56. The summed E-state index contributed by atoms with van der Waals surface area (Å²) in [7, 11) is 0. The molecule has 1 aromatic heterocycles. The number of hydrogen-bond donors (Lipinski definition) is 1. The van der Waals surface area contributed by atoms with Gasteiger partial charge in [0, 0.05) is 31.0 Å². The molecule has 2 atom stereocenters. The molecule has 2 rings (SSSR count). The molecule has 1 aromatic rings. The number of nitrogens with two attached hydrogens (primary N) is 1. The van der Waals surface area contributed by atoms with E-state index in [1.165, 1.54) is 0 Å². The first-order valence-electron chi connectivity index (χ1n) is 5.69. The van der Waals surface area contributed by atoms with Crippen LogP contribution in [0, 0.1) is 6.92 Å². The third-order valence-electron chi connectivity index (χ3n) is 2.87. The Morgan fingerprint density at radius 2 is 2.00 bits per heavy atom. The molecule has 0 radical (unpaired) electrons. The third-order valence-corrected chi connectivity index (χ3v) is 2.87.